The Morgan fingerprint density at radius 3 is 2.67 bits per heavy atom. The molecule has 0 spiro atoms. The zero-order valence-electron chi connectivity index (χ0n) is 10.2. The number of fused-ring (bicyclic) bond motifs is 2. The van der Waals surface area contributed by atoms with E-state index >= 15 is 0 Å². The van der Waals surface area contributed by atoms with Crippen molar-refractivity contribution in [1.82, 2.24) is 0 Å². The Morgan fingerprint density at radius 1 is 1.28 bits per heavy atom. The summed E-state index contributed by atoms with van der Waals surface area (Å²) in [7, 11) is 1.70. The molecule has 1 aliphatic rings. The molecule has 1 aliphatic heterocycles. The van der Waals surface area contributed by atoms with Crippen molar-refractivity contribution in [3.05, 3.63) is 22.6 Å². The Balaban J connectivity index is 2.19. The predicted octanol–water partition coefficient (Wildman–Crippen LogP) is 2.28. The van der Waals surface area contributed by atoms with Crippen LogP contribution < -0.4 is 15.2 Å². The second kappa shape index (κ2) is 4.76. The van der Waals surface area contributed by atoms with Crippen molar-refractivity contribution in [3.8, 4) is 11.5 Å². The third-order valence-corrected chi connectivity index (χ3v) is 4.23. The monoisotopic (exact) mass is 265 g/mol. The van der Waals surface area contributed by atoms with E-state index in [1.165, 1.54) is 4.70 Å². The Kier molecular flexibility index (Phi) is 3.11. The van der Waals surface area contributed by atoms with Gasteiger partial charge in [0.1, 0.15) is 13.2 Å². The van der Waals surface area contributed by atoms with E-state index in [0.29, 0.717) is 26.4 Å². The van der Waals surface area contributed by atoms with Crippen molar-refractivity contribution >= 4 is 21.4 Å². The molecule has 18 heavy (non-hydrogen) atoms. The molecule has 2 N–H and O–H groups in total. The summed E-state index contributed by atoms with van der Waals surface area (Å²) in [5, 5.41) is 1.16. The van der Waals surface area contributed by atoms with E-state index in [-0.39, 0.29) is 0 Å². The van der Waals surface area contributed by atoms with Crippen LogP contribution in [-0.2, 0) is 17.9 Å². The number of rotatable bonds is 3. The van der Waals surface area contributed by atoms with Crippen LogP contribution >= 0.6 is 11.3 Å². The zero-order valence-corrected chi connectivity index (χ0v) is 11.0. The average Bonchev–Trinajstić information content (AvgIpc) is 2.74. The van der Waals surface area contributed by atoms with Crippen molar-refractivity contribution in [2.75, 3.05) is 20.3 Å². The first kappa shape index (κ1) is 11.8. The number of hydrogen-bond donors (Lipinski definition) is 1. The molecule has 2 heterocycles. The van der Waals surface area contributed by atoms with Crippen molar-refractivity contribution in [2.45, 2.75) is 13.2 Å². The minimum atomic E-state index is 0.532. The number of thiophene rings is 1. The molecule has 96 valence electrons. The summed E-state index contributed by atoms with van der Waals surface area (Å²) < 4.78 is 17.6. The Labute approximate surface area is 109 Å². The third-order valence-electron chi connectivity index (χ3n) is 3.01. The van der Waals surface area contributed by atoms with Gasteiger partial charge in [-0.1, -0.05) is 0 Å². The summed E-state index contributed by atoms with van der Waals surface area (Å²) >= 11 is 1.70. The fourth-order valence-electron chi connectivity index (χ4n) is 2.20. The van der Waals surface area contributed by atoms with Crippen LogP contribution in [0.2, 0.25) is 0 Å². The van der Waals surface area contributed by atoms with E-state index in [2.05, 4.69) is 0 Å². The molecule has 0 aliphatic carbocycles. The van der Waals surface area contributed by atoms with Gasteiger partial charge < -0.3 is 19.9 Å². The van der Waals surface area contributed by atoms with Gasteiger partial charge in [0.05, 0.1) is 6.61 Å². The molecule has 5 heteroatoms. The molecule has 0 atom stereocenters. The van der Waals surface area contributed by atoms with Crippen LogP contribution in [0.15, 0.2) is 12.1 Å². The zero-order chi connectivity index (χ0) is 12.5. The summed E-state index contributed by atoms with van der Waals surface area (Å²) in [5.74, 6) is 1.63. The fourth-order valence-corrected chi connectivity index (χ4v) is 3.30. The fraction of sp³-hybridized carbons (Fsp3) is 0.385. The maximum atomic E-state index is 5.79. The topological polar surface area (TPSA) is 53.7 Å². The molecule has 1 aromatic heterocycles. The molecule has 0 unspecified atom stereocenters. The molecule has 2 aromatic rings. The smallest absolute Gasteiger partial charge is 0.162 e. The molecule has 4 nitrogen and oxygen atoms in total. The van der Waals surface area contributed by atoms with Gasteiger partial charge in [-0.25, -0.2) is 0 Å². The van der Waals surface area contributed by atoms with Gasteiger partial charge in [-0.2, -0.15) is 0 Å². The third kappa shape index (κ3) is 1.84. The van der Waals surface area contributed by atoms with Crippen molar-refractivity contribution in [1.29, 1.82) is 0 Å². The number of benzene rings is 1. The van der Waals surface area contributed by atoms with E-state index < -0.39 is 0 Å². The van der Waals surface area contributed by atoms with Crippen LogP contribution in [0.1, 0.15) is 10.4 Å². The molecule has 1 aromatic carbocycles. The van der Waals surface area contributed by atoms with E-state index in [4.69, 9.17) is 19.9 Å². The Bertz CT molecular complexity index is 579. The number of hydrogen-bond acceptors (Lipinski definition) is 5. The summed E-state index contributed by atoms with van der Waals surface area (Å²) in [6, 6.07) is 4.07. The van der Waals surface area contributed by atoms with Gasteiger partial charge in [0.15, 0.2) is 11.5 Å². The highest BCUT2D eigenvalue weighted by atomic mass is 32.1. The standard InChI is InChI=1S/C13H15NO3S/c1-15-7-9-8-4-10-11(17-3-2-16-10)5-12(8)18-13(9)6-14/h4-5H,2-3,6-7,14H2,1H3. The average molecular weight is 265 g/mol. The number of methoxy groups -OCH3 is 1. The van der Waals surface area contributed by atoms with Crippen LogP contribution in [0.4, 0.5) is 0 Å². The first-order chi connectivity index (χ1) is 8.83. The molecule has 3 rings (SSSR count). The normalized spacial score (nSPS) is 14.1. The quantitative estimate of drug-likeness (QED) is 0.925. The maximum absolute atomic E-state index is 5.79. The number of ether oxygens (including phenoxy) is 3. The van der Waals surface area contributed by atoms with Gasteiger partial charge in [-0.3, -0.25) is 0 Å². The van der Waals surface area contributed by atoms with Gasteiger partial charge in [0.25, 0.3) is 0 Å². The Morgan fingerprint density at radius 2 is 2.00 bits per heavy atom. The highest BCUT2D eigenvalue weighted by molar-refractivity contribution is 7.19. The lowest BCUT2D eigenvalue weighted by Crippen LogP contribution is -2.15. The summed E-state index contributed by atoms with van der Waals surface area (Å²) in [5.41, 5.74) is 6.95. The molecule has 0 amide bonds. The molecule has 0 radical (unpaired) electrons. The first-order valence-electron chi connectivity index (χ1n) is 5.86. The summed E-state index contributed by atoms with van der Waals surface area (Å²) in [6.07, 6.45) is 0. The minimum Gasteiger partial charge on any atom is -0.486 e. The summed E-state index contributed by atoms with van der Waals surface area (Å²) in [6.45, 7) is 2.32. The number of nitrogens with two attached hydrogens (primary N) is 1. The highest BCUT2D eigenvalue weighted by Crippen LogP contribution is 2.40. The van der Waals surface area contributed by atoms with Crippen molar-refractivity contribution < 1.29 is 14.2 Å². The molecular weight excluding hydrogens is 250 g/mol. The lowest BCUT2D eigenvalue weighted by Gasteiger charge is -2.18. The highest BCUT2D eigenvalue weighted by Gasteiger charge is 2.17. The predicted molar refractivity (Wildman–Crippen MR) is 71.4 cm³/mol. The molecule has 0 saturated carbocycles. The molecule has 0 fully saturated rings. The van der Waals surface area contributed by atoms with Gasteiger partial charge in [0.2, 0.25) is 0 Å². The van der Waals surface area contributed by atoms with Crippen molar-refractivity contribution in [3.63, 3.8) is 0 Å². The molecule has 0 saturated heterocycles. The van der Waals surface area contributed by atoms with E-state index in [1.807, 2.05) is 12.1 Å². The van der Waals surface area contributed by atoms with E-state index in [9.17, 15) is 0 Å². The SMILES string of the molecule is COCc1c(CN)sc2cc3c(cc12)OCCO3. The molecule has 0 bridgehead atoms. The van der Waals surface area contributed by atoms with Crippen LogP contribution in [0, 0.1) is 0 Å². The molecular formula is C13H15NO3S. The largest absolute Gasteiger partial charge is 0.486 e. The summed E-state index contributed by atoms with van der Waals surface area (Å²) in [4.78, 5) is 1.16. The van der Waals surface area contributed by atoms with Gasteiger partial charge in [0, 0.05) is 40.2 Å². The Hall–Kier alpha value is -1.30. The van der Waals surface area contributed by atoms with E-state index in [0.717, 1.165) is 27.3 Å². The lowest BCUT2D eigenvalue weighted by atomic mass is 10.1. The second-order valence-electron chi connectivity index (χ2n) is 4.13. The van der Waals surface area contributed by atoms with Crippen molar-refractivity contribution in [2.24, 2.45) is 5.73 Å². The second-order valence-corrected chi connectivity index (χ2v) is 5.27. The maximum Gasteiger partial charge on any atom is 0.162 e. The van der Waals surface area contributed by atoms with Crippen LogP contribution in [0.3, 0.4) is 0 Å². The first-order valence-corrected chi connectivity index (χ1v) is 6.68. The van der Waals surface area contributed by atoms with E-state index in [1.54, 1.807) is 18.4 Å². The van der Waals surface area contributed by atoms with Crippen LogP contribution in [0.5, 0.6) is 11.5 Å². The van der Waals surface area contributed by atoms with Gasteiger partial charge in [-0.15, -0.1) is 11.3 Å². The van der Waals surface area contributed by atoms with Crippen LogP contribution in [-0.4, -0.2) is 20.3 Å². The van der Waals surface area contributed by atoms with Gasteiger partial charge >= 0.3 is 0 Å². The minimum absolute atomic E-state index is 0.532. The van der Waals surface area contributed by atoms with Crippen LogP contribution in [0.25, 0.3) is 10.1 Å². The van der Waals surface area contributed by atoms with Gasteiger partial charge in [-0.05, 0) is 6.07 Å². The lowest BCUT2D eigenvalue weighted by molar-refractivity contribution is 0.172.